The first-order valence-electron chi connectivity index (χ1n) is 6.08. The van der Waals surface area contributed by atoms with Gasteiger partial charge in [-0.1, -0.05) is 80.3 Å². The number of hydrogen-bond donors (Lipinski definition) is 0. The van der Waals surface area contributed by atoms with Crippen molar-refractivity contribution < 1.29 is 9.53 Å². The first-order chi connectivity index (χ1) is 7.98. The molecule has 0 aromatic rings. The molecule has 0 aromatic heterocycles. The molecule has 0 fully saturated rings. The molecule has 0 spiro atoms. The molecule has 0 saturated carbocycles. The van der Waals surface area contributed by atoms with Crippen molar-refractivity contribution in [2.75, 3.05) is 0 Å². The normalized spacial score (nSPS) is 11.5. The third-order valence-corrected chi connectivity index (χ3v) is 2.81. The van der Waals surface area contributed by atoms with E-state index in [1.165, 1.54) is 38.7 Å². The first kappa shape index (κ1) is 17.3. The Morgan fingerprint density at radius 1 is 1.06 bits per heavy atom. The fourth-order valence-corrected chi connectivity index (χ4v) is 1.52. The van der Waals surface area contributed by atoms with E-state index in [2.05, 4.69) is 6.92 Å². The number of unbranched alkanes of at least 4 members (excludes halogenated alkanes) is 7. The molecule has 0 saturated heterocycles. The summed E-state index contributed by atoms with van der Waals surface area (Å²) in [6, 6.07) is 0. The number of alkyl halides is 3. The van der Waals surface area contributed by atoms with Crippen LogP contribution in [-0.2, 0) is 9.53 Å². The number of carbonyl (C=O) groups excluding carboxylic acids is 1. The Morgan fingerprint density at radius 2 is 1.59 bits per heavy atom. The summed E-state index contributed by atoms with van der Waals surface area (Å²) in [5, 5.41) is 0. The summed E-state index contributed by atoms with van der Waals surface area (Å²) < 4.78 is 2.72. The predicted octanol–water partition coefficient (Wildman–Crippen LogP) is 5.20. The van der Waals surface area contributed by atoms with Gasteiger partial charge in [0.05, 0.1) is 0 Å². The summed E-state index contributed by atoms with van der Waals surface area (Å²) in [5.74, 6) is -0.842. The van der Waals surface area contributed by atoms with Crippen LogP contribution in [0.3, 0.4) is 0 Å². The average molecular weight is 303 g/mol. The zero-order valence-electron chi connectivity index (χ0n) is 10.2. The third-order valence-electron chi connectivity index (χ3n) is 2.35. The minimum absolute atomic E-state index is 0.709. The number of ether oxygens (including phenoxy) is 1. The Balaban J connectivity index is 3.22. The Kier molecular flexibility index (Phi) is 10.5. The molecule has 0 aliphatic carbocycles. The molecule has 0 unspecified atom stereocenters. The minimum atomic E-state index is -1.98. The van der Waals surface area contributed by atoms with Gasteiger partial charge in [-0.15, -0.1) is 0 Å². The highest BCUT2D eigenvalue weighted by atomic mass is 35.6. The molecule has 0 N–H and O–H groups in total. The van der Waals surface area contributed by atoms with Crippen molar-refractivity contribution in [3.8, 4) is 0 Å². The summed E-state index contributed by atoms with van der Waals surface area (Å²) in [6.45, 7) is 3.62. The lowest BCUT2D eigenvalue weighted by Crippen LogP contribution is -2.20. The molecule has 0 bridgehead atoms. The van der Waals surface area contributed by atoms with Gasteiger partial charge in [0.1, 0.15) is 6.61 Å². The Hall–Kier alpha value is 0.340. The van der Waals surface area contributed by atoms with E-state index in [4.69, 9.17) is 39.5 Å². The zero-order valence-corrected chi connectivity index (χ0v) is 12.5. The first-order valence-corrected chi connectivity index (χ1v) is 7.21. The standard InChI is InChI=1S/C12H20Cl3O2/c1-2-3-4-5-6-7-8-9-10-17-11(16)12(13,14)15/h10H,2-9H2,1H3. The highest BCUT2D eigenvalue weighted by Crippen LogP contribution is 2.27. The molecular weight excluding hydrogens is 282 g/mol. The van der Waals surface area contributed by atoms with Gasteiger partial charge in [-0.3, -0.25) is 0 Å². The van der Waals surface area contributed by atoms with E-state index in [9.17, 15) is 4.79 Å². The second-order valence-corrected chi connectivity index (χ2v) is 6.26. The number of esters is 1. The molecule has 0 aliphatic heterocycles. The van der Waals surface area contributed by atoms with Crippen LogP contribution >= 0.6 is 34.8 Å². The number of hydrogen-bond acceptors (Lipinski definition) is 2. The Bertz CT molecular complexity index is 202. The van der Waals surface area contributed by atoms with Crippen molar-refractivity contribution in [2.24, 2.45) is 0 Å². The number of rotatable bonds is 9. The van der Waals surface area contributed by atoms with Crippen molar-refractivity contribution in [2.45, 2.75) is 62.1 Å². The van der Waals surface area contributed by atoms with Crippen molar-refractivity contribution in [1.82, 2.24) is 0 Å². The predicted molar refractivity (Wildman–Crippen MR) is 73.3 cm³/mol. The van der Waals surface area contributed by atoms with Crippen LogP contribution in [0.15, 0.2) is 0 Å². The molecule has 0 aliphatic rings. The number of carbonyl (C=O) groups is 1. The van der Waals surface area contributed by atoms with Crippen LogP contribution in [0.25, 0.3) is 0 Å². The van der Waals surface area contributed by atoms with E-state index in [0.29, 0.717) is 6.42 Å². The van der Waals surface area contributed by atoms with Gasteiger partial charge in [0, 0.05) is 0 Å². The fraction of sp³-hybridized carbons (Fsp3) is 0.833. The fourth-order valence-electron chi connectivity index (χ4n) is 1.39. The monoisotopic (exact) mass is 301 g/mol. The van der Waals surface area contributed by atoms with E-state index in [1.54, 1.807) is 0 Å². The van der Waals surface area contributed by atoms with Gasteiger partial charge in [0.15, 0.2) is 0 Å². The van der Waals surface area contributed by atoms with Crippen LogP contribution in [0, 0.1) is 6.61 Å². The van der Waals surface area contributed by atoms with E-state index in [0.717, 1.165) is 12.8 Å². The molecule has 5 heteroatoms. The SMILES string of the molecule is CCCCCCCCC[CH]OC(=O)C(Cl)(Cl)Cl. The van der Waals surface area contributed by atoms with Gasteiger partial charge in [0.25, 0.3) is 3.79 Å². The van der Waals surface area contributed by atoms with E-state index < -0.39 is 9.76 Å². The minimum Gasteiger partial charge on any atom is -0.455 e. The summed E-state index contributed by atoms with van der Waals surface area (Å²) >= 11 is 16.0. The molecule has 0 heterocycles. The average Bonchev–Trinajstić information content (AvgIpc) is 2.25. The van der Waals surface area contributed by atoms with Crippen LogP contribution < -0.4 is 0 Å². The van der Waals surface area contributed by atoms with Crippen LogP contribution in [0.2, 0.25) is 0 Å². The van der Waals surface area contributed by atoms with Crippen molar-refractivity contribution in [3.05, 3.63) is 6.61 Å². The van der Waals surface area contributed by atoms with Gasteiger partial charge in [-0.05, 0) is 12.8 Å². The quantitative estimate of drug-likeness (QED) is 0.332. The molecule has 17 heavy (non-hydrogen) atoms. The van der Waals surface area contributed by atoms with E-state index in [-0.39, 0.29) is 0 Å². The summed E-state index contributed by atoms with van der Waals surface area (Å²) in [7, 11) is 0. The molecule has 101 valence electrons. The molecular formula is C12H20Cl3O2. The lowest BCUT2D eigenvalue weighted by atomic mass is 10.1. The molecule has 2 nitrogen and oxygen atoms in total. The highest BCUT2D eigenvalue weighted by molar-refractivity contribution is 6.75. The molecule has 0 rings (SSSR count). The van der Waals surface area contributed by atoms with Crippen LogP contribution in [0.1, 0.15) is 58.3 Å². The molecule has 0 atom stereocenters. The summed E-state index contributed by atoms with van der Waals surface area (Å²) in [6.07, 6.45) is 9.25. The highest BCUT2D eigenvalue weighted by Gasteiger charge is 2.32. The van der Waals surface area contributed by atoms with E-state index in [1.807, 2.05) is 0 Å². The van der Waals surface area contributed by atoms with Gasteiger partial charge in [-0.25, -0.2) is 4.79 Å². The van der Waals surface area contributed by atoms with Crippen LogP contribution in [0.4, 0.5) is 0 Å². The molecule has 1 radical (unpaired) electrons. The molecule has 0 amide bonds. The van der Waals surface area contributed by atoms with Crippen molar-refractivity contribution in [3.63, 3.8) is 0 Å². The van der Waals surface area contributed by atoms with Crippen LogP contribution in [0.5, 0.6) is 0 Å². The van der Waals surface area contributed by atoms with Gasteiger partial charge >= 0.3 is 5.97 Å². The lowest BCUT2D eigenvalue weighted by Gasteiger charge is -2.09. The van der Waals surface area contributed by atoms with Crippen molar-refractivity contribution in [1.29, 1.82) is 0 Å². The molecule has 0 aromatic carbocycles. The lowest BCUT2D eigenvalue weighted by molar-refractivity contribution is -0.139. The van der Waals surface area contributed by atoms with Gasteiger partial charge in [0.2, 0.25) is 0 Å². The Labute approximate surface area is 119 Å². The second kappa shape index (κ2) is 10.3. The van der Waals surface area contributed by atoms with Crippen molar-refractivity contribution >= 4 is 40.8 Å². The Morgan fingerprint density at radius 3 is 2.12 bits per heavy atom. The third kappa shape index (κ3) is 11.2. The van der Waals surface area contributed by atoms with Crippen LogP contribution in [-0.4, -0.2) is 9.76 Å². The zero-order chi connectivity index (χ0) is 13.1. The van der Waals surface area contributed by atoms with Gasteiger partial charge < -0.3 is 4.74 Å². The second-order valence-electron chi connectivity index (χ2n) is 3.98. The largest absolute Gasteiger partial charge is 0.455 e. The topological polar surface area (TPSA) is 26.3 Å². The maximum absolute atomic E-state index is 11.0. The summed E-state index contributed by atoms with van der Waals surface area (Å²) in [5.41, 5.74) is 0. The smallest absolute Gasteiger partial charge is 0.358 e. The summed E-state index contributed by atoms with van der Waals surface area (Å²) in [4.78, 5) is 11.0. The number of halogens is 3. The van der Waals surface area contributed by atoms with E-state index >= 15 is 0 Å². The van der Waals surface area contributed by atoms with Gasteiger partial charge in [-0.2, -0.15) is 0 Å². The maximum atomic E-state index is 11.0. The maximum Gasteiger partial charge on any atom is 0.358 e.